The summed E-state index contributed by atoms with van der Waals surface area (Å²) in [6.07, 6.45) is 2.04. The van der Waals surface area contributed by atoms with E-state index in [-0.39, 0.29) is 10.8 Å². The Morgan fingerprint density at radius 1 is 1.28 bits per heavy atom. The molecule has 0 aliphatic heterocycles. The Hall–Kier alpha value is -1.75. The van der Waals surface area contributed by atoms with Gasteiger partial charge in [-0.15, -0.1) is 0 Å². The molecule has 0 unspecified atom stereocenters. The second-order valence-electron chi connectivity index (χ2n) is 3.54. The van der Waals surface area contributed by atoms with Crippen molar-refractivity contribution in [2.45, 2.75) is 13.0 Å². The van der Waals surface area contributed by atoms with Gasteiger partial charge in [-0.25, -0.2) is 0 Å². The summed E-state index contributed by atoms with van der Waals surface area (Å²) in [7, 11) is 0. The fourth-order valence-corrected chi connectivity index (χ4v) is 1.64. The summed E-state index contributed by atoms with van der Waals surface area (Å²) >= 11 is 5.76. The van der Waals surface area contributed by atoms with Crippen LogP contribution in [-0.2, 0) is 6.42 Å². The Bertz CT molecular complexity index is 523. The van der Waals surface area contributed by atoms with Crippen LogP contribution < -0.4 is 4.74 Å². The first-order valence-electron chi connectivity index (χ1n) is 5.15. The van der Waals surface area contributed by atoms with Crippen molar-refractivity contribution in [1.29, 1.82) is 0 Å². The average molecular weight is 271 g/mol. The van der Waals surface area contributed by atoms with Crippen molar-refractivity contribution in [2.75, 3.05) is 0 Å². The molecule has 18 heavy (non-hydrogen) atoms. The molecule has 1 heterocycles. The maximum atomic E-state index is 12.2. The van der Waals surface area contributed by atoms with Gasteiger partial charge in [-0.3, -0.25) is 0 Å². The number of nitrogens with zero attached hydrogens (tertiary/aromatic N) is 2. The monoisotopic (exact) mass is 270 g/mol. The highest BCUT2D eigenvalue weighted by Gasteiger charge is 2.09. The van der Waals surface area contributed by atoms with Crippen LogP contribution in [0.2, 0.25) is 5.02 Å². The molecule has 0 aliphatic rings. The summed E-state index contributed by atoms with van der Waals surface area (Å²) in [5.41, 5.74) is 1.51. The predicted molar refractivity (Wildman–Crippen MR) is 62.9 cm³/mol. The Kier molecular flexibility index (Phi) is 4.04. The van der Waals surface area contributed by atoms with E-state index in [1.807, 2.05) is 0 Å². The van der Waals surface area contributed by atoms with Crippen molar-refractivity contribution in [1.82, 2.24) is 10.2 Å². The molecule has 0 spiro atoms. The van der Waals surface area contributed by atoms with Gasteiger partial charge in [-0.2, -0.15) is 19.0 Å². The minimum atomic E-state index is -2.89. The Labute approximate surface area is 107 Å². The highest BCUT2D eigenvalue weighted by atomic mass is 35.5. The van der Waals surface area contributed by atoms with Crippen molar-refractivity contribution in [2.24, 2.45) is 0 Å². The molecule has 2 rings (SSSR count). The lowest BCUT2D eigenvalue weighted by molar-refractivity contribution is -0.0498. The number of rotatable bonds is 4. The molecule has 0 saturated heterocycles. The van der Waals surface area contributed by atoms with E-state index in [1.165, 1.54) is 12.1 Å². The molecule has 6 heteroatoms. The number of alkyl halides is 2. The molecule has 1 aromatic carbocycles. The van der Waals surface area contributed by atoms with Crippen LogP contribution in [0, 0.1) is 0 Å². The van der Waals surface area contributed by atoms with Crippen LogP contribution in [-0.4, -0.2) is 16.8 Å². The Balaban J connectivity index is 2.19. The van der Waals surface area contributed by atoms with Gasteiger partial charge in [0.2, 0.25) is 0 Å². The van der Waals surface area contributed by atoms with Crippen LogP contribution in [0.15, 0.2) is 36.5 Å². The molecular weight excluding hydrogens is 262 g/mol. The van der Waals surface area contributed by atoms with Gasteiger partial charge < -0.3 is 4.74 Å². The second-order valence-corrected chi connectivity index (χ2v) is 3.94. The lowest BCUT2D eigenvalue weighted by Gasteiger charge is -2.08. The van der Waals surface area contributed by atoms with E-state index in [1.54, 1.807) is 24.4 Å². The normalized spacial score (nSPS) is 10.7. The number of halogens is 3. The molecule has 0 N–H and O–H groups in total. The third-order valence-corrected chi connectivity index (χ3v) is 2.54. The first kappa shape index (κ1) is 12.7. The van der Waals surface area contributed by atoms with Gasteiger partial charge in [0.1, 0.15) is 5.75 Å². The molecule has 0 atom stereocenters. The van der Waals surface area contributed by atoms with Crippen molar-refractivity contribution in [3.05, 3.63) is 52.8 Å². The van der Waals surface area contributed by atoms with Crippen LogP contribution in [0.4, 0.5) is 8.78 Å². The zero-order valence-electron chi connectivity index (χ0n) is 9.19. The minimum absolute atomic E-state index is 0.0342. The highest BCUT2D eigenvalue weighted by molar-refractivity contribution is 6.32. The number of benzene rings is 1. The van der Waals surface area contributed by atoms with Gasteiger partial charge in [0.05, 0.1) is 10.7 Å². The topological polar surface area (TPSA) is 35.0 Å². The van der Waals surface area contributed by atoms with E-state index in [4.69, 9.17) is 11.6 Å². The van der Waals surface area contributed by atoms with E-state index in [2.05, 4.69) is 14.9 Å². The molecule has 0 bridgehead atoms. The standard InChI is InChI=1S/C12H9ClF2N2O/c13-10-4-3-8(7-11(10)18-12(14)15)6-9-2-1-5-16-17-9/h1-5,7,12H,6H2. The fraction of sp³-hybridized carbons (Fsp3) is 0.167. The molecule has 2 aromatic rings. The minimum Gasteiger partial charge on any atom is -0.433 e. The zero-order valence-corrected chi connectivity index (χ0v) is 9.94. The van der Waals surface area contributed by atoms with Crippen LogP contribution >= 0.6 is 11.6 Å². The summed E-state index contributed by atoms with van der Waals surface area (Å²) in [5, 5.41) is 7.81. The smallest absolute Gasteiger partial charge is 0.387 e. The summed E-state index contributed by atoms with van der Waals surface area (Å²) in [6.45, 7) is -2.89. The molecule has 0 aliphatic carbocycles. The SMILES string of the molecule is FC(F)Oc1cc(Cc2cccnn2)ccc1Cl. The maximum absolute atomic E-state index is 12.2. The molecule has 94 valence electrons. The summed E-state index contributed by atoms with van der Waals surface area (Å²) in [5.74, 6) is -0.0342. The Morgan fingerprint density at radius 3 is 2.78 bits per heavy atom. The van der Waals surface area contributed by atoms with Crippen LogP contribution in [0.1, 0.15) is 11.3 Å². The van der Waals surface area contributed by atoms with E-state index in [0.717, 1.165) is 11.3 Å². The van der Waals surface area contributed by atoms with Crippen LogP contribution in [0.5, 0.6) is 5.75 Å². The molecule has 1 aromatic heterocycles. The summed E-state index contributed by atoms with van der Waals surface area (Å²) < 4.78 is 28.6. The quantitative estimate of drug-likeness (QED) is 0.855. The average Bonchev–Trinajstić information content (AvgIpc) is 2.34. The van der Waals surface area contributed by atoms with Gasteiger partial charge in [0.25, 0.3) is 0 Å². The Morgan fingerprint density at radius 2 is 2.11 bits per heavy atom. The number of ether oxygens (including phenoxy) is 1. The van der Waals surface area contributed by atoms with Gasteiger partial charge in [0.15, 0.2) is 0 Å². The van der Waals surface area contributed by atoms with Gasteiger partial charge in [-0.1, -0.05) is 17.7 Å². The molecule has 0 radical (unpaired) electrons. The zero-order chi connectivity index (χ0) is 13.0. The van der Waals surface area contributed by atoms with Crippen molar-refractivity contribution >= 4 is 11.6 Å². The van der Waals surface area contributed by atoms with Crippen LogP contribution in [0.25, 0.3) is 0 Å². The maximum Gasteiger partial charge on any atom is 0.387 e. The molecular formula is C12H9ClF2N2O. The van der Waals surface area contributed by atoms with Gasteiger partial charge >= 0.3 is 6.61 Å². The van der Waals surface area contributed by atoms with Gasteiger partial charge in [0, 0.05) is 12.6 Å². The summed E-state index contributed by atoms with van der Waals surface area (Å²) in [6, 6.07) is 8.29. The number of hydrogen-bond acceptors (Lipinski definition) is 3. The summed E-state index contributed by atoms with van der Waals surface area (Å²) in [4.78, 5) is 0. The van der Waals surface area contributed by atoms with E-state index >= 15 is 0 Å². The first-order valence-corrected chi connectivity index (χ1v) is 5.53. The largest absolute Gasteiger partial charge is 0.433 e. The van der Waals surface area contributed by atoms with E-state index in [9.17, 15) is 8.78 Å². The third-order valence-electron chi connectivity index (χ3n) is 2.22. The molecule has 0 saturated carbocycles. The number of aromatic nitrogens is 2. The first-order chi connectivity index (χ1) is 8.65. The molecule has 0 amide bonds. The van der Waals surface area contributed by atoms with Crippen LogP contribution in [0.3, 0.4) is 0 Å². The van der Waals surface area contributed by atoms with Gasteiger partial charge in [-0.05, 0) is 29.8 Å². The molecule has 0 fully saturated rings. The number of hydrogen-bond donors (Lipinski definition) is 0. The van der Waals surface area contributed by atoms with Crippen molar-refractivity contribution < 1.29 is 13.5 Å². The van der Waals surface area contributed by atoms with E-state index < -0.39 is 6.61 Å². The van der Waals surface area contributed by atoms with Crippen molar-refractivity contribution in [3.63, 3.8) is 0 Å². The van der Waals surface area contributed by atoms with E-state index in [0.29, 0.717) is 6.42 Å². The molecule has 3 nitrogen and oxygen atoms in total. The predicted octanol–water partition coefficient (Wildman–Crippen LogP) is 3.32. The second kappa shape index (κ2) is 5.73. The van der Waals surface area contributed by atoms with Crippen molar-refractivity contribution in [3.8, 4) is 5.75 Å². The lowest BCUT2D eigenvalue weighted by atomic mass is 10.1. The highest BCUT2D eigenvalue weighted by Crippen LogP contribution is 2.27. The lowest BCUT2D eigenvalue weighted by Crippen LogP contribution is -2.03. The fourth-order valence-electron chi connectivity index (χ4n) is 1.48. The third kappa shape index (κ3) is 3.37.